The lowest BCUT2D eigenvalue weighted by molar-refractivity contribution is 0.0183. The number of nitrogens with zero attached hydrogens (tertiary/aromatic N) is 1. The number of nitrogens with one attached hydrogen (secondary N) is 1. The van der Waals surface area contributed by atoms with Crippen molar-refractivity contribution < 1.29 is 5.11 Å². The summed E-state index contributed by atoms with van der Waals surface area (Å²) < 4.78 is 0. The molecule has 0 aromatic rings. The molecule has 0 aromatic carbocycles. The Morgan fingerprint density at radius 2 is 1.71 bits per heavy atom. The maximum atomic E-state index is 10.1. The molecule has 0 saturated heterocycles. The molecule has 0 radical (unpaired) electrons. The summed E-state index contributed by atoms with van der Waals surface area (Å²) in [4.78, 5) is 2.45. The van der Waals surface area contributed by atoms with Gasteiger partial charge in [0.05, 0.1) is 5.60 Å². The van der Waals surface area contributed by atoms with Gasteiger partial charge in [0.15, 0.2) is 0 Å². The maximum Gasteiger partial charge on any atom is 0.0718 e. The summed E-state index contributed by atoms with van der Waals surface area (Å²) in [5.74, 6) is 0. The molecule has 3 heteroatoms. The SMILES string of the molecule is CCN(CC(C)(C)O)CC1(CNC(C)C)CCCCCC1. The molecule has 126 valence electrons. The van der Waals surface area contributed by atoms with Crippen molar-refractivity contribution in [1.82, 2.24) is 10.2 Å². The molecule has 0 amide bonds. The third-order valence-electron chi connectivity index (χ3n) is 4.67. The van der Waals surface area contributed by atoms with E-state index in [-0.39, 0.29) is 0 Å². The van der Waals surface area contributed by atoms with Crippen molar-refractivity contribution in [2.75, 3.05) is 26.2 Å². The Labute approximate surface area is 132 Å². The van der Waals surface area contributed by atoms with Gasteiger partial charge in [-0.15, -0.1) is 0 Å². The lowest BCUT2D eigenvalue weighted by Crippen LogP contribution is -2.48. The molecule has 0 atom stereocenters. The first kappa shape index (κ1) is 18.9. The largest absolute Gasteiger partial charge is 0.389 e. The van der Waals surface area contributed by atoms with E-state index in [9.17, 15) is 5.11 Å². The van der Waals surface area contributed by atoms with Crippen molar-refractivity contribution in [1.29, 1.82) is 0 Å². The Bertz CT molecular complexity index is 275. The van der Waals surface area contributed by atoms with Gasteiger partial charge in [0, 0.05) is 25.7 Å². The van der Waals surface area contributed by atoms with Crippen molar-refractivity contribution >= 4 is 0 Å². The summed E-state index contributed by atoms with van der Waals surface area (Å²) in [5.41, 5.74) is -0.213. The zero-order valence-electron chi connectivity index (χ0n) is 15.0. The van der Waals surface area contributed by atoms with E-state index in [4.69, 9.17) is 0 Å². The van der Waals surface area contributed by atoms with Crippen LogP contribution in [0.1, 0.15) is 73.1 Å². The van der Waals surface area contributed by atoms with Gasteiger partial charge >= 0.3 is 0 Å². The zero-order valence-corrected chi connectivity index (χ0v) is 15.0. The average Bonchev–Trinajstić information content (AvgIpc) is 2.60. The third kappa shape index (κ3) is 7.62. The molecule has 1 aliphatic carbocycles. The van der Waals surface area contributed by atoms with Crippen molar-refractivity contribution in [2.45, 2.75) is 84.8 Å². The van der Waals surface area contributed by atoms with Crippen LogP contribution in [0, 0.1) is 5.41 Å². The van der Waals surface area contributed by atoms with Crippen LogP contribution in [0.5, 0.6) is 0 Å². The van der Waals surface area contributed by atoms with E-state index in [1.54, 1.807) is 0 Å². The molecule has 0 spiro atoms. The fourth-order valence-electron chi connectivity index (χ4n) is 3.59. The number of hydrogen-bond acceptors (Lipinski definition) is 3. The Kier molecular flexibility index (Phi) is 7.66. The Morgan fingerprint density at radius 1 is 1.14 bits per heavy atom. The molecule has 0 unspecified atom stereocenters. The van der Waals surface area contributed by atoms with Gasteiger partial charge in [0.2, 0.25) is 0 Å². The van der Waals surface area contributed by atoms with Gasteiger partial charge in [-0.05, 0) is 38.6 Å². The maximum absolute atomic E-state index is 10.1. The standard InChI is InChI=1S/C18H38N2O/c1-6-20(14-17(4,5)21)15-18(13-19-16(2)3)11-9-7-8-10-12-18/h16,19,21H,6-15H2,1-5H3. The molecule has 0 heterocycles. The van der Waals surface area contributed by atoms with Crippen LogP contribution in [-0.4, -0.2) is 47.8 Å². The fourth-order valence-corrected chi connectivity index (χ4v) is 3.59. The van der Waals surface area contributed by atoms with Crippen LogP contribution >= 0.6 is 0 Å². The van der Waals surface area contributed by atoms with Crippen LogP contribution in [0.2, 0.25) is 0 Å². The van der Waals surface area contributed by atoms with Crippen LogP contribution in [0.4, 0.5) is 0 Å². The molecule has 2 N–H and O–H groups in total. The van der Waals surface area contributed by atoms with E-state index in [1.807, 2.05) is 13.8 Å². The van der Waals surface area contributed by atoms with Gasteiger partial charge in [-0.25, -0.2) is 0 Å². The van der Waals surface area contributed by atoms with E-state index < -0.39 is 5.60 Å². The van der Waals surface area contributed by atoms with Crippen LogP contribution in [0.3, 0.4) is 0 Å². The number of rotatable bonds is 8. The van der Waals surface area contributed by atoms with E-state index in [0.717, 1.165) is 26.2 Å². The summed E-state index contributed by atoms with van der Waals surface area (Å²) in [7, 11) is 0. The summed E-state index contributed by atoms with van der Waals surface area (Å²) >= 11 is 0. The minimum absolute atomic E-state index is 0.391. The van der Waals surface area contributed by atoms with Gasteiger partial charge in [0.25, 0.3) is 0 Å². The molecule has 1 aliphatic rings. The fraction of sp³-hybridized carbons (Fsp3) is 1.00. The first-order valence-electron chi connectivity index (χ1n) is 8.94. The van der Waals surface area contributed by atoms with Crippen LogP contribution in [0.25, 0.3) is 0 Å². The van der Waals surface area contributed by atoms with Crippen LogP contribution < -0.4 is 5.32 Å². The number of hydrogen-bond donors (Lipinski definition) is 2. The van der Waals surface area contributed by atoms with Crippen molar-refractivity contribution in [3.05, 3.63) is 0 Å². The lowest BCUT2D eigenvalue weighted by Gasteiger charge is -2.40. The van der Waals surface area contributed by atoms with E-state index >= 15 is 0 Å². The summed E-state index contributed by atoms with van der Waals surface area (Å²) in [6.07, 6.45) is 8.16. The Balaban J connectivity index is 2.73. The molecule has 3 nitrogen and oxygen atoms in total. The molecular weight excluding hydrogens is 260 g/mol. The number of likely N-dealkylation sites (N-methyl/N-ethyl adjacent to an activating group) is 1. The topological polar surface area (TPSA) is 35.5 Å². The summed E-state index contributed by atoms with van der Waals surface area (Å²) in [5, 5.41) is 13.8. The second kappa shape index (κ2) is 8.50. The first-order valence-corrected chi connectivity index (χ1v) is 8.94. The highest BCUT2D eigenvalue weighted by molar-refractivity contribution is 4.88. The highest BCUT2D eigenvalue weighted by Gasteiger charge is 2.33. The van der Waals surface area contributed by atoms with Gasteiger partial charge in [-0.1, -0.05) is 46.5 Å². The van der Waals surface area contributed by atoms with Gasteiger partial charge in [-0.3, -0.25) is 0 Å². The number of aliphatic hydroxyl groups is 1. The molecule has 21 heavy (non-hydrogen) atoms. The highest BCUT2D eigenvalue weighted by Crippen LogP contribution is 2.35. The Hall–Kier alpha value is -0.120. The van der Waals surface area contributed by atoms with E-state index in [1.165, 1.54) is 38.5 Å². The van der Waals surface area contributed by atoms with E-state index in [2.05, 4.69) is 31.0 Å². The second-order valence-electron chi connectivity index (χ2n) is 8.07. The normalized spacial score (nSPS) is 20.0. The van der Waals surface area contributed by atoms with Crippen molar-refractivity contribution in [2.24, 2.45) is 5.41 Å². The monoisotopic (exact) mass is 298 g/mol. The van der Waals surface area contributed by atoms with Gasteiger partial charge in [-0.2, -0.15) is 0 Å². The predicted octanol–water partition coefficient (Wildman–Crippen LogP) is 3.42. The van der Waals surface area contributed by atoms with Gasteiger partial charge < -0.3 is 15.3 Å². The zero-order chi connectivity index (χ0) is 15.9. The predicted molar refractivity (Wildman–Crippen MR) is 91.7 cm³/mol. The van der Waals surface area contributed by atoms with Gasteiger partial charge in [0.1, 0.15) is 0 Å². The van der Waals surface area contributed by atoms with Crippen LogP contribution in [-0.2, 0) is 0 Å². The Morgan fingerprint density at radius 3 is 2.14 bits per heavy atom. The molecular formula is C18H38N2O. The van der Waals surface area contributed by atoms with E-state index in [0.29, 0.717) is 11.5 Å². The minimum atomic E-state index is -0.604. The molecule has 0 aromatic heterocycles. The molecule has 1 rings (SSSR count). The molecule has 1 saturated carbocycles. The molecule has 0 bridgehead atoms. The molecule has 0 aliphatic heterocycles. The smallest absolute Gasteiger partial charge is 0.0718 e. The molecule has 1 fully saturated rings. The van der Waals surface area contributed by atoms with Crippen LogP contribution in [0.15, 0.2) is 0 Å². The first-order chi connectivity index (χ1) is 9.76. The second-order valence-corrected chi connectivity index (χ2v) is 8.07. The highest BCUT2D eigenvalue weighted by atomic mass is 16.3. The average molecular weight is 299 g/mol. The quantitative estimate of drug-likeness (QED) is 0.674. The minimum Gasteiger partial charge on any atom is -0.389 e. The third-order valence-corrected chi connectivity index (χ3v) is 4.67. The summed E-state index contributed by atoms with van der Waals surface area (Å²) in [6.45, 7) is 14.5. The lowest BCUT2D eigenvalue weighted by atomic mass is 9.79. The van der Waals surface area contributed by atoms with Crippen molar-refractivity contribution in [3.8, 4) is 0 Å². The van der Waals surface area contributed by atoms with Crippen molar-refractivity contribution in [3.63, 3.8) is 0 Å². The summed E-state index contributed by atoms with van der Waals surface area (Å²) in [6, 6.07) is 0.550.